The van der Waals surface area contributed by atoms with E-state index in [0.717, 1.165) is 16.8 Å². The van der Waals surface area contributed by atoms with E-state index in [0.29, 0.717) is 5.15 Å². The summed E-state index contributed by atoms with van der Waals surface area (Å²) in [7, 11) is 0. The Hall–Kier alpha value is -1.92. The van der Waals surface area contributed by atoms with Crippen molar-refractivity contribution < 1.29 is 0 Å². The van der Waals surface area contributed by atoms with Crippen LogP contribution in [-0.2, 0) is 6.42 Å². The quantitative estimate of drug-likeness (QED) is 0.744. The van der Waals surface area contributed by atoms with E-state index in [-0.39, 0.29) is 6.42 Å². The van der Waals surface area contributed by atoms with Crippen LogP contribution >= 0.6 is 11.6 Å². The van der Waals surface area contributed by atoms with Crippen LogP contribution in [0.3, 0.4) is 0 Å². The van der Waals surface area contributed by atoms with Crippen LogP contribution < -0.4 is 0 Å². The summed E-state index contributed by atoms with van der Waals surface area (Å²) in [5.41, 5.74) is 2.42. The minimum Gasteiger partial charge on any atom is -0.264 e. The Morgan fingerprint density at radius 1 is 1.31 bits per heavy atom. The van der Waals surface area contributed by atoms with E-state index in [1.807, 2.05) is 30.3 Å². The average molecular weight is 230 g/mol. The van der Waals surface area contributed by atoms with Crippen molar-refractivity contribution in [1.82, 2.24) is 9.97 Å². The fourth-order valence-corrected chi connectivity index (χ4v) is 1.58. The molecule has 0 saturated heterocycles. The van der Waals surface area contributed by atoms with Gasteiger partial charge < -0.3 is 0 Å². The summed E-state index contributed by atoms with van der Waals surface area (Å²) in [6.07, 6.45) is 3.71. The highest BCUT2D eigenvalue weighted by molar-refractivity contribution is 6.30. The molecule has 2 aromatic heterocycles. The first kappa shape index (κ1) is 10.6. The summed E-state index contributed by atoms with van der Waals surface area (Å²) in [5.74, 6) is 0. The zero-order valence-electron chi connectivity index (χ0n) is 8.39. The van der Waals surface area contributed by atoms with Crippen LogP contribution in [0.1, 0.15) is 5.56 Å². The van der Waals surface area contributed by atoms with Crippen LogP contribution in [0.25, 0.3) is 11.3 Å². The van der Waals surface area contributed by atoms with E-state index in [1.54, 1.807) is 12.4 Å². The van der Waals surface area contributed by atoms with E-state index < -0.39 is 0 Å². The first-order valence-electron chi connectivity index (χ1n) is 4.74. The molecule has 2 aromatic rings. The van der Waals surface area contributed by atoms with Gasteiger partial charge in [0.15, 0.2) is 0 Å². The molecule has 3 nitrogen and oxygen atoms in total. The van der Waals surface area contributed by atoms with Crippen LogP contribution in [0.5, 0.6) is 0 Å². The molecule has 0 saturated carbocycles. The Morgan fingerprint density at radius 2 is 2.19 bits per heavy atom. The molecule has 4 heteroatoms. The van der Waals surface area contributed by atoms with Gasteiger partial charge in [-0.1, -0.05) is 17.7 Å². The number of pyridine rings is 2. The zero-order chi connectivity index (χ0) is 11.4. The van der Waals surface area contributed by atoms with E-state index in [1.165, 1.54) is 0 Å². The first-order valence-corrected chi connectivity index (χ1v) is 5.12. The van der Waals surface area contributed by atoms with E-state index in [9.17, 15) is 0 Å². The van der Waals surface area contributed by atoms with Gasteiger partial charge in [-0.25, -0.2) is 4.98 Å². The Labute approximate surface area is 98.4 Å². The van der Waals surface area contributed by atoms with Crippen LogP contribution in [0.4, 0.5) is 0 Å². The second kappa shape index (κ2) is 4.73. The molecule has 0 N–H and O–H groups in total. The van der Waals surface area contributed by atoms with Gasteiger partial charge in [-0.2, -0.15) is 5.26 Å². The lowest BCUT2D eigenvalue weighted by Crippen LogP contribution is -1.90. The van der Waals surface area contributed by atoms with Gasteiger partial charge in [0.1, 0.15) is 5.15 Å². The summed E-state index contributed by atoms with van der Waals surface area (Å²) >= 11 is 5.98. The van der Waals surface area contributed by atoms with Crippen molar-refractivity contribution in [1.29, 1.82) is 5.26 Å². The highest BCUT2D eigenvalue weighted by Crippen LogP contribution is 2.21. The summed E-state index contributed by atoms with van der Waals surface area (Å²) in [6.45, 7) is 0. The molecule has 0 aliphatic rings. The standard InChI is InChI=1S/C12H8ClN3/c13-12-9(5-6-14)3-4-11(16-12)10-2-1-7-15-8-10/h1-4,7-8H,5H2. The lowest BCUT2D eigenvalue weighted by molar-refractivity contribution is 1.19. The fourth-order valence-electron chi connectivity index (χ4n) is 1.36. The first-order chi connectivity index (χ1) is 7.81. The number of hydrogen-bond acceptors (Lipinski definition) is 3. The number of nitrogens with zero attached hydrogens (tertiary/aromatic N) is 3. The van der Waals surface area contributed by atoms with Gasteiger partial charge in [-0.05, 0) is 18.2 Å². The number of hydrogen-bond donors (Lipinski definition) is 0. The van der Waals surface area contributed by atoms with Crippen molar-refractivity contribution in [2.24, 2.45) is 0 Å². The van der Waals surface area contributed by atoms with E-state index in [4.69, 9.17) is 16.9 Å². The topological polar surface area (TPSA) is 49.6 Å². The maximum atomic E-state index is 8.58. The molecule has 0 bridgehead atoms. The van der Waals surface area contributed by atoms with Crippen LogP contribution in [0, 0.1) is 11.3 Å². The summed E-state index contributed by atoms with van der Waals surface area (Å²) in [4.78, 5) is 8.25. The Balaban J connectivity index is 2.39. The van der Waals surface area contributed by atoms with Crippen LogP contribution in [-0.4, -0.2) is 9.97 Å². The molecular weight excluding hydrogens is 222 g/mol. The van der Waals surface area contributed by atoms with Gasteiger partial charge in [-0.3, -0.25) is 4.98 Å². The van der Waals surface area contributed by atoms with Crippen molar-refractivity contribution in [2.75, 3.05) is 0 Å². The Kier molecular flexibility index (Phi) is 3.13. The highest BCUT2D eigenvalue weighted by atomic mass is 35.5. The molecule has 78 valence electrons. The zero-order valence-corrected chi connectivity index (χ0v) is 9.15. The van der Waals surface area contributed by atoms with Crippen molar-refractivity contribution >= 4 is 11.6 Å². The molecule has 0 radical (unpaired) electrons. The Morgan fingerprint density at radius 3 is 2.81 bits per heavy atom. The fraction of sp³-hybridized carbons (Fsp3) is 0.0833. The molecule has 0 aromatic carbocycles. The summed E-state index contributed by atoms with van der Waals surface area (Å²) < 4.78 is 0. The molecule has 0 atom stereocenters. The second-order valence-electron chi connectivity index (χ2n) is 3.22. The van der Waals surface area contributed by atoms with E-state index >= 15 is 0 Å². The SMILES string of the molecule is N#CCc1ccc(-c2cccnc2)nc1Cl. The summed E-state index contributed by atoms with van der Waals surface area (Å²) in [5, 5.41) is 8.96. The summed E-state index contributed by atoms with van der Waals surface area (Å²) in [6, 6.07) is 9.46. The normalized spacial score (nSPS) is 9.75. The average Bonchev–Trinajstić information content (AvgIpc) is 2.33. The lowest BCUT2D eigenvalue weighted by Gasteiger charge is -2.03. The molecular formula is C12H8ClN3. The number of rotatable bonds is 2. The minimum absolute atomic E-state index is 0.277. The van der Waals surface area contributed by atoms with Gasteiger partial charge in [0.25, 0.3) is 0 Å². The van der Waals surface area contributed by atoms with Crippen molar-refractivity contribution in [3.63, 3.8) is 0 Å². The molecule has 0 fully saturated rings. The maximum Gasteiger partial charge on any atom is 0.133 e. The lowest BCUT2D eigenvalue weighted by atomic mass is 10.1. The third-order valence-electron chi connectivity index (χ3n) is 2.15. The van der Waals surface area contributed by atoms with Crippen molar-refractivity contribution in [2.45, 2.75) is 6.42 Å². The predicted octanol–water partition coefficient (Wildman–Crippen LogP) is 2.86. The molecule has 0 aliphatic carbocycles. The van der Waals surface area contributed by atoms with Crippen LogP contribution in [0.15, 0.2) is 36.7 Å². The van der Waals surface area contributed by atoms with Gasteiger partial charge in [0, 0.05) is 23.5 Å². The predicted molar refractivity (Wildman–Crippen MR) is 61.8 cm³/mol. The Bertz CT molecular complexity index is 532. The molecule has 16 heavy (non-hydrogen) atoms. The third kappa shape index (κ3) is 2.18. The van der Waals surface area contributed by atoms with Gasteiger partial charge in [0.2, 0.25) is 0 Å². The van der Waals surface area contributed by atoms with E-state index in [2.05, 4.69) is 9.97 Å². The highest BCUT2D eigenvalue weighted by Gasteiger charge is 2.04. The van der Waals surface area contributed by atoms with Crippen molar-refractivity contribution in [3.8, 4) is 17.3 Å². The van der Waals surface area contributed by atoms with Gasteiger partial charge >= 0.3 is 0 Å². The number of aromatic nitrogens is 2. The molecule has 0 aliphatic heterocycles. The smallest absolute Gasteiger partial charge is 0.133 e. The third-order valence-corrected chi connectivity index (χ3v) is 2.48. The maximum absolute atomic E-state index is 8.58. The number of halogens is 1. The largest absolute Gasteiger partial charge is 0.264 e. The van der Waals surface area contributed by atoms with Gasteiger partial charge in [0.05, 0.1) is 18.2 Å². The minimum atomic E-state index is 0.277. The second-order valence-corrected chi connectivity index (χ2v) is 3.58. The molecule has 0 unspecified atom stereocenters. The molecule has 2 rings (SSSR count). The number of nitriles is 1. The molecule has 2 heterocycles. The molecule has 0 amide bonds. The van der Waals surface area contributed by atoms with Crippen LogP contribution in [0.2, 0.25) is 5.15 Å². The molecule has 0 spiro atoms. The monoisotopic (exact) mass is 229 g/mol. The van der Waals surface area contributed by atoms with Crippen molar-refractivity contribution in [3.05, 3.63) is 47.4 Å². The van der Waals surface area contributed by atoms with Gasteiger partial charge in [-0.15, -0.1) is 0 Å².